The van der Waals surface area contributed by atoms with Gasteiger partial charge in [-0.3, -0.25) is 4.90 Å². The van der Waals surface area contributed by atoms with Gasteiger partial charge in [0, 0.05) is 24.2 Å². The molecule has 116 valence electrons. The molecule has 0 aromatic heterocycles. The molecule has 0 bridgehead atoms. The summed E-state index contributed by atoms with van der Waals surface area (Å²) in [5.74, 6) is 1.17. The summed E-state index contributed by atoms with van der Waals surface area (Å²) in [4.78, 5) is 2.42. The summed E-state index contributed by atoms with van der Waals surface area (Å²) in [5.41, 5.74) is 1.14. The SMILES string of the molecule is Oc1cccc(CN(CCOc2ccc(Cl)cc2)C2CC2)c1. The number of phenols is 1. The average Bonchev–Trinajstić information content (AvgIpc) is 3.33. The van der Waals surface area contributed by atoms with Crippen LogP contribution in [0.4, 0.5) is 0 Å². The van der Waals surface area contributed by atoms with E-state index >= 15 is 0 Å². The number of halogens is 1. The highest BCUT2D eigenvalue weighted by Gasteiger charge is 2.28. The van der Waals surface area contributed by atoms with E-state index in [4.69, 9.17) is 16.3 Å². The summed E-state index contributed by atoms with van der Waals surface area (Å²) in [6.07, 6.45) is 2.50. The van der Waals surface area contributed by atoms with E-state index in [1.54, 1.807) is 6.07 Å². The molecule has 0 atom stereocenters. The molecule has 0 radical (unpaired) electrons. The molecule has 22 heavy (non-hydrogen) atoms. The zero-order valence-corrected chi connectivity index (χ0v) is 13.2. The fraction of sp³-hybridized carbons (Fsp3) is 0.333. The Balaban J connectivity index is 1.52. The third kappa shape index (κ3) is 4.39. The van der Waals surface area contributed by atoms with Crippen molar-refractivity contribution in [3.05, 3.63) is 59.1 Å². The Labute approximate surface area is 136 Å². The lowest BCUT2D eigenvalue weighted by molar-refractivity contribution is 0.195. The Kier molecular flexibility index (Phi) is 4.86. The van der Waals surface area contributed by atoms with Gasteiger partial charge in [0.05, 0.1) is 0 Å². The van der Waals surface area contributed by atoms with Gasteiger partial charge in [0.1, 0.15) is 18.1 Å². The van der Waals surface area contributed by atoms with E-state index in [1.807, 2.05) is 36.4 Å². The lowest BCUT2D eigenvalue weighted by Crippen LogP contribution is -2.30. The Bertz CT molecular complexity index is 611. The fourth-order valence-electron chi connectivity index (χ4n) is 2.53. The standard InChI is InChI=1S/C18H20ClNO2/c19-15-4-8-18(9-5-15)22-11-10-20(16-6-7-16)13-14-2-1-3-17(21)12-14/h1-5,8-9,12,16,21H,6-7,10-11,13H2. The Morgan fingerprint density at radius 1 is 1.14 bits per heavy atom. The maximum atomic E-state index is 9.57. The smallest absolute Gasteiger partial charge is 0.119 e. The summed E-state index contributed by atoms with van der Waals surface area (Å²) in [6.45, 7) is 2.38. The van der Waals surface area contributed by atoms with Crippen LogP contribution in [0.15, 0.2) is 48.5 Å². The van der Waals surface area contributed by atoms with Gasteiger partial charge in [-0.1, -0.05) is 23.7 Å². The first-order valence-electron chi connectivity index (χ1n) is 7.61. The van der Waals surface area contributed by atoms with Crippen LogP contribution in [0.2, 0.25) is 5.02 Å². The fourth-order valence-corrected chi connectivity index (χ4v) is 2.66. The average molecular weight is 318 g/mol. The van der Waals surface area contributed by atoms with Crippen LogP contribution in [-0.2, 0) is 6.54 Å². The molecule has 1 aliphatic carbocycles. The van der Waals surface area contributed by atoms with E-state index < -0.39 is 0 Å². The van der Waals surface area contributed by atoms with Crippen LogP contribution in [-0.4, -0.2) is 29.2 Å². The summed E-state index contributed by atoms with van der Waals surface area (Å²) < 4.78 is 5.78. The van der Waals surface area contributed by atoms with E-state index in [2.05, 4.69) is 11.0 Å². The number of ether oxygens (including phenoxy) is 1. The molecule has 3 rings (SSSR count). The number of hydrogen-bond acceptors (Lipinski definition) is 3. The molecule has 0 saturated heterocycles. The van der Waals surface area contributed by atoms with Crippen LogP contribution in [0.1, 0.15) is 18.4 Å². The van der Waals surface area contributed by atoms with Crippen LogP contribution >= 0.6 is 11.6 Å². The Morgan fingerprint density at radius 2 is 1.91 bits per heavy atom. The number of hydrogen-bond donors (Lipinski definition) is 1. The summed E-state index contributed by atoms with van der Waals surface area (Å²) in [5, 5.41) is 10.3. The molecule has 1 aliphatic rings. The van der Waals surface area contributed by atoms with Crippen molar-refractivity contribution in [2.45, 2.75) is 25.4 Å². The number of aromatic hydroxyl groups is 1. The summed E-state index contributed by atoms with van der Waals surface area (Å²) >= 11 is 5.86. The Hall–Kier alpha value is -1.71. The molecule has 3 nitrogen and oxygen atoms in total. The van der Waals surface area contributed by atoms with E-state index in [1.165, 1.54) is 12.8 Å². The van der Waals surface area contributed by atoms with Crippen molar-refractivity contribution in [2.75, 3.05) is 13.2 Å². The minimum absolute atomic E-state index is 0.325. The largest absolute Gasteiger partial charge is 0.508 e. The van der Waals surface area contributed by atoms with E-state index in [0.717, 1.165) is 29.4 Å². The Morgan fingerprint density at radius 3 is 2.59 bits per heavy atom. The topological polar surface area (TPSA) is 32.7 Å². The van der Waals surface area contributed by atoms with Gasteiger partial charge < -0.3 is 9.84 Å². The predicted octanol–water partition coefficient (Wildman–Crippen LogP) is 4.09. The summed E-state index contributed by atoms with van der Waals surface area (Å²) in [6, 6.07) is 15.6. The van der Waals surface area contributed by atoms with Gasteiger partial charge >= 0.3 is 0 Å². The van der Waals surface area contributed by atoms with Crippen molar-refractivity contribution in [3.8, 4) is 11.5 Å². The summed E-state index contributed by atoms with van der Waals surface area (Å²) in [7, 11) is 0. The zero-order valence-electron chi connectivity index (χ0n) is 12.4. The number of nitrogens with zero attached hydrogens (tertiary/aromatic N) is 1. The van der Waals surface area contributed by atoms with Gasteiger partial charge in [-0.2, -0.15) is 0 Å². The van der Waals surface area contributed by atoms with Gasteiger partial charge in [0.2, 0.25) is 0 Å². The molecule has 1 saturated carbocycles. The second kappa shape index (κ2) is 7.03. The third-order valence-corrected chi connectivity index (χ3v) is 4.07. The van der Waals surface area contributed by atoms with Crippen molar-refractivity contribution in [2.24, 2.45) is 0 Å². The molecule has 2 aromatic rings. The van der Waals surface area contributed by atoms with Crippen molar-refractivity contribution in [3.63, 3.8) is 0 Å². The molecule has 0 aliphatic heterocycles. The number of rotatable bonds is 7. The monoisotopic (exact) mass is 317 g/mol. The third-order valence-electron chi connectivity index (χ3n) is 3.82. The minimum atomic E-state index is 0.325. The van der Waals surface area contributed by atoms with Crippen LogP contribution in [0.25, 0.3) is 0 Å². The van der Waals surface area contributed by atoms with Gasteiger partial charge in [-0.25, -0.2) is 0 Å². The molecule has 2 aromatic carbocycles. The quantitative estimate of drug-likeness (QED) is 0.835. The van der Waals surface area contributed by atoms with Crippen LogP contribution in [0.5, 0.6) is 11.5 Å². The molecular weight excluding hydrogens is 298 g/mol. The first-order chi connectivity index (χ1) is 10.7. The lowest BCUT2D eigenvalue weighted by Gasteiger charge is -2.22. The molecule has 0 unspecified atom stereocenters. The van der Waals surface area contributed by atoms with E-state index in [-0.39, 0.29) is 0 Å². The lowest BCUT2D eigenvalue weighted by atomic mass is 10.2. The van der Waals surface area contributed by atoms with Gasteiger partial charge in [0.25, 0.3) is 0 Å². The normalized spacial score (nSPS) is 14.3. The molecule has 0 heterocycles. The predicted molar refractivity (Wildman–Crippen MR) is 88.5 cm³/mol. The second-order valence-electron chi connectivity index (χ2n) is 5.67. The van der Waals surface area contributed by atoms with E-state index in [9.17, 15) is 5.11 Å². The molecule has 1 N–H and O–H groups in total. The van der Waals surface area contributed by atoms with Crippen molar-refractivity contribution < 1.29 is 9.84 Å². The van der Waals surface area contributed by atoms with Crippen molar-refractivity contribution in [1.82, 2.24) is 4.90 Å². The highest BCUT2D eigenvalue weighted by atomic mass is 35.5. The number of benzene rings is 2. The minimum Gasteiger partial charge on any atom is -0.508 e. The highest BCUT2D eigenvalue weighted by Crippen LogP contribution is 2.28. The van der Waals surface area contributed by atoms with E-state index in [0.29, 0.717) is 18.4 Å². The molecular formula is C18H20ClNO2. The van der Waals surface area contributed by atoms with Crippen LogP contribution in [0, 0.1) is 0 Å². The number of phenolic OH excluding ortho intramolecular Hbond substituents is 1. The molecule has 1 fully saturated rings. The van der Waals surface area contributed by atoms with Crippen LogP contribution in [0.3, 0.4) is 0 Å². The maximum absolute atomic E-state index is 9.57. The molecule has 0 amide bonds. The second-order valence-corrected chi connectivity index (χ2v) is 6.11. The van der Waals surface area contributed by atoms with Gasteiger partial charge in [-0.05, 0) is 54.8 Å². The van der Waals surface area contributed by atoms with Crippen LogP contribution < -0.4 is 4.74 Å². The first-order valence-corrected chi connectivity index (χ1v) is 7.99. The molecule has 0 spiro atoms. The maximum Gasteiger partial charge on any atom is 0.119 e. The molecule has 4 heteroatoms. The zero-order chi connectivity index (χ0) is 15.4. The van der Waals surface area contributed by atoms with Crippen molar-refractivity contribution in [1.29, 1.82) is 0 Å². The van der Waals surface area contributed by atoms with Crippen molar-refractivity contribution >= 4 is 11.6 Å². The first kappa shape index (κ1) is 15.2. The van der Waals surface area contributed by atoms with Gasteiger partial charge in [0.15, 0.2) is 0 Å². The highest BCUT2D eigenvalue weighted by molar-refractivity contribution is 6.30. The van der Waals surface area contributed by atoms with Gasteiger partial charge in [-0.15, -0.1) is 0 Å².